The van der Waals surface area contributed by atoms with Crippen molar-refractivity contribution in [2.24, 2.45) is 5.41 Å². The van der Waals surface area contributed by atoms with Gasteiger partial charge in [0, 0.05) is 35.6 Å². The van der Waals surface area contributed by atoms with Crippen molar-refractivity contribution in [3.8, 4) is 17.2 Å². The number of para-hydroxylation sites is 1. The average molecular weight is 472 g/mol. The zero-order valence-electron chi connectivity index (χ0n) is 19.6. The molecule has 1 aliphatic heterocycles. The standard InChI is InChI=1S/C25H30ClN3O4/c1-25(2,3)14-21-27-28-24-20(11-12-30)33-22(16-7-6-8-19(31-4)23(16)32-5)17-13-15(26)9-10-18(17)29(21)24/h6-10,13,20,22,30H,11-12,14H2,1-5H3. The number of ether oxygens (including phenoxy) is 3. The Balaban J connectivity index is 1.98. The number of hydrogen-bond donors (Lipinski definition) is 1. The smallest absolute Gasteiger partial charge is 0.167 e. The Morgan fingerprint density at radius 3 is 2.55 bits per heavy atom. The van der Waals surface area contributed by atoms with E-state index in [-0.39, 0.29) is 12.0 Å². The van der Waals surface area contributed by atoms with Gasteiger partial charge in [-0.1, -0.05) is 44.5 Å². The molecule has 0 radical (unpaired) electrons. The first kappa shape index (κ1) is 23.5. The summed E-state index contributed by atoms with van der Waals surface area (Å²) in [6.07, 6.45) is 0.0898. The Bertz CT molecular complexity index is 1140. The van der Waals surface area contributed by atoms with E-state index in [9.17, 15) is 5.11 Å². The number of fused-ring (bicyclic) bond motifs is 3. The highest BCUT2D eigenvalue weighted by atomic mass is 35.5. The van der Waals surface area contributed by atoms with Crippen LogP contribution in [0.2, 0.25) is 5.02 Å². The van der Waals surface area contributed by atoms with Crippen molar-refractivity contribution in [3.05, 3.63) is 64.2 Å². The third-order valence-corrected chi connectivity index (χ3v) is 5.89. The first-order valence-electron chi connectivity index (χ1n) is 11.0. The molecule has 7 nitrogen and oxygen atoms in total. The highest BCUT2D eigenvalue weighted by Crippen LogP contribution is 2.46. The second-order valence-electron chi connectivity index (χ2n) is 9.35. The predicted octanol–water partition coefficient (Wildman–Crippen LogP) is 5.07. The summed E-state index contributed by atoms with van der Waals surface area (Å²) in [6.45, 7) is 6.45. The molecule has 0 saturated carbocycles. The summed E-state index contributed by atoms with van der Waals surface area (Å²) < 4.78 is 20.0. The molecule has 2 atom stereocenters. The molecule has 4 rings (SSSR count). The number of aromatic nitrogens is 3. The van der Waals surface area contributed by atoms with Crippen LogP contribution < -0.4 is 9.47 Å². The second kappa shape index (κ2) is 9.33. The van der Waals surface area contributed by atoms with E-state index in [0.717, 1.165) is 29.1 Å². The first-order valence-corrected chi connectivity index (χ1v) is 11.4. The molecule has 0 fully saturated rings. The maximum atomic E-state index is 9.83. The Hall–Kier alpha value is -2.61. The molecule has 8 heteroatoms. The van der Waals surface area contributed by atoms with Crippen molar-refractivity contribution in [2.75, 3.05) is 20.8 Å². The maximum absolute atomic E-state index is 9.83. The van der Waals surface area contributed by atoms with E-state index in [1.54, 1.807) is 14.2 Å². The van der Waals surface area contributed by atoms with Crippen LogP contribution in [0.4, 0.5) is 0 Å². The molecule has 3 aromatic rings. The van der Waals surface area contributed by atoms with Crippen LogP contribution in [0, 0.1) is 5.41 Å². The third kappa shape index (κ3) is 4.58. The van der Waals surface area contributed by atoms with Gasteiger partial charge in [0.1, 0.15) is 18.0 Å². The fraction of sp³-hybridized carbons (Fsp3) is 0.440. The van der Waals surface area contributed by atoms with E-state index in [0.29, 0.717) is 28.8 Å². The third-order valence-electron chi connectivity index (χ3n) is 5.65. The van der Waals surface area contributed by atoms with E-state index in [4.69, 9.17) is 25.8 Å². The number of benzene rings is 2. The number of methoxy groups -OCH3 is 2. The minimum Gasteiger partial charge on any atom is -0.493 e. The quantitative estimate of drug-likeness (QED) is 0.540. The highest BCUT2D eigenvalue weighted by molar-refractivity contribution is 6.30. The van der Waals surface area contributed by atoms with Gasteiger partial charge < -0.3 is 19.3 Å². The summed E-state index contributed by atoms with van der Waals surface area (Å²) in [5.41, 5.74) is 2.57. The van der Waals surface area contributed by atoms with Gasteiger partial charge in [-0.2, -0.15) is 0 Å². The highest BCUT2D eigenvalue weighted by Gasteiger charge is 2.36. The number of aliphatic hydroxyl groups is 1. The molecule has 1 aliphatic rings. The zero-order valence-corrected chi connectivity index (χ0v) is 20.4. The van der Waals surface area contributed by atoms with Gasteiger partial charge in [-0.15, -0.1) is 10.2 Å². The Labute approximate surface area is 199 Å². The molecule has 0 spiro atoms. The zero-order chi connectivity index (χ0) is 23.8. The monoisotopic (exact) mass is 471 g/mol. The topological polar surface area (TPSA) is 78.6 Å². The van der Waals surface area contributed by atoms with Gasteiger partial charge in [0.15, 0.2) is 17.3 Å². The molecule has 1 aromatic heterocycles. The summed E-state index contributed by atoms with van der Waals surface area (Å²) in [5, 5.41) is 19.4. The van der Waals surface area contributed by atoms with Crippen molar-refractivity contribution in [1.82, 2.24) is 14.8 Å². The van der Waals surface area contributed by atoms with Gasteiger partial charge >= 0.3 is 0 Å². The predicted molar refractivity (Wildman–Crippen MR) is 126 cm³/mol. The fourth-order valence-electron chi connectivity index (χ4n) is 4.30. The SMILES string of the molecule is COc1cccc(C2OC(CCO)c3nnc(CC(C)(C)C)n3-c3ccc(Cl)cc32)c1OC. The molecule has 1 N–H and O–H groups in total. The van der Waals surface area contributed by atoms with E-state index < -0.39 is 12.2 Å². The minimum absolute atomic E-state index is 0.00540. The van der Waals surface area contributed by atoms with Crippen molar-refractivity contribution in [1.29, 1.82) is 0 Å². The van der Waals surface area contributed by atoms with Crippen LogP contribution in [0.5, 0.6) is 11.5 Å². The van der Waals surface area contributed by atoms with Crippen molar-refractivity contribution in [3.63, 3.8) is 0 Å². The van der Waals surface area contributed by atoms with E-state index in [1.807, 2.05) is 36.4 Å². The largest absolute Gasteiger partial charge is 0.493 e. The molecule has 2 aromatic carbocycles. The van der Waals surface area contributed by atoms with E-state index in [2.05, 4.69) is 35.5 Å². The van der Waals surface area contributed by atoms with Crippen LogP contribution in [0.1, 0.15) is 62.2 Å². The van der Waals surface area contributed by atoms with Crippen LogP contribution in [0.3, 0.4) is 0 Å². The molecule has 0 amide bonds. The summed E-state index contributed by atoms with van der Waals surface area (Å²) in [6, 6.07) is 11.4. The van der Waals surface area contributed by atoms with Gasteiger partial charge in [0.05, 0.1) is 19.9 Å². The lowest BCUT2D eigenvalue weighted by atomic mass is 9.91. The Morgan fingerprint density at radius 2 is 1.88 bits per heavy atom. The van der Waals surface area contributed by atoms with Gasteiger partial charge in [-0.25, -0.2) is 0 Å². The number of hydrogen-bond acceptors (Lipinski definition) is 6. The van der Waals surface area contributed by atoms with Gasteiger partial charge in [0.2, 0.25) is 0 Å². The molecule has 0 bridgehead atoms. The molecule has 2 unspecified atom stereocenters. The maximum Gasteiger partial charge on any atom is 0.167 e. The normalized spacial score (nSPS) is 17.8. The lowest BCUT2D eigenvalue weighted by Crippen LogP contribution is -2.16. The van der Waals surface area contributed by atoms with Crippen molar-refractivity contribution >= 4 is 11.6 Å². The van der Waals surface area contributed by atoms with Gasteiger partial charge in [-0.05, 0) is 29.7 Å². The van der Waals surface area contributed by atoms with Crippen LogP contribution in [0.15, 0.2) is 36.4 Å². The summed E-state index contributed by atoms with van der Waals surface area (Å²) >= 11 is 6.47. The first-order chi connectivity index (χ1) is 15.8. The number of nitrogens with zero attached hydrogens (tertiary/aromatic N) is 3. The van der Waals surface area contributed by atoms with Crippen LogP contribution in [0.25, 0.3) is 5.69 Å². The number of rotatable bonds is 6. The molecular weight excluding hydrogens is 442 g/mol. The average Bonchev–Trinajstić information content (AvgIpc) is 3.11. The van der Waals surface area contributed by atoms with Crippen molar-refractivity contribution < 1.29 is 19.3 Å². The summed E-state index contributed by atoms with van der Waals surface area (Å²) in [5.74, 6) is 2.70. The van der Waals surface area contributed by atoms with Crippen LogP contribution >= 0.6 is 11.6 Å². The minimum atomic E-state index is -0.524. The lowest BCUT2D eigenvalue weighted by molar-refractivity contribution is -0.00986. The second-order valence-corrected chi connectivity index (χ2v) is 9.79. The van der Waals surface area contributed by atoms with E-state index >= 15 is 0 Å². The van der Waals surface area contributed by atoms with Gasteiger partial charge in [-0.3, -0.25) is 4.57 Å². The fourth-order valence-corrected chi connectivity index (χ4v) is 4.48. The lowest BCUT2D eigenvalue weighted by Gasteiger charge is -2.24. The van der Waals surface area contributed by atoms with Crippen molar-refractivity contribution in [2.45, 2.75) is 45.8 Å². The molecule has 176 valence electrons. The molecule has 2 heterocycles. The Kier molecular flexibility index (Phi) is 6.66. The summed E-state index contributed by atoms with van der Waals surface area (Å²) in [4.78, 5) is 0. The van der Waals surface area contributed by atoms with Crippen LogP contribution in [-0.2, 0) is 11.2 Å². The molecule has 0 saturated heterocycles. The van der Waals surface area contributed by atoms with Crippen LogP contribution in [-0.4, -0.2) is 40.7 Å². The number of aliphatic hydroxyl groups excluding tert-OH is 1. The van der Waals surface area contributed by atoms with Gasteiger partial charge in [0.25, 0.3) is 0 Å². The molecule has 33 heavy (non-hydrogen) atoms. The van der Waals surface area contributed by atoms with E-state index in [1.165, 1.54) is 0 Å². The summed E-state index contributed by atoms with van der Waals surface area (Å²) in [7, 11) is 3.22. The number of halogens is 1. The molecule has 0 aliphatic carbocycles. The Morgan fingerprint density at radius 1 is 1.09 bits per heavy atom. The molecular formula is C25H30ClN3O4.